The molecule has 1 N–H and O–H groups in total. The first-order valence-electron chi connectivity index (χ1n) is 5.36. The molecule has 0 aliphatic carbocycles. The minimum absolute atomic E-state index is 0.0783. The van der Waals surface area contributed by atoms with Gasteiger partial charge in [0.05, 0.1) is 5.56 Å². The predicted molar refractivity (Wildman–Crippen MR) is 69.0 cm³/mol. The number of rotatable bonds is 4. The fraction of sp³-hybridized carbons (Fsp3) is 0.417. The fourth-order valence-corrected chi connectivity index (χ4v) is 2.97. The third-order valence-corrected chi connectivity index (χ3v) is 5.42. The number of hydrogen-bond acceptors (Lipinski definition) is 3. The molecule has 18 heavy (non-hydrogen) atoms. The number of nitrogens with zero attached hydrogens (tertiary/aromatic N) is 1. The third-order valence-electron chi connectivity index (χ3n) is 2.93. The highest BCUT2D eigenvalue weighted by Gasteiger charge is 2.38. The molecule has 0 bridgehead atoms. The van der Waals surface area contributed by atoms with E-state index in [1.807, 2.05) is 0 Å². The minimum atomic E-state index is -3.53. The summed E-state index contributed by atoms with van der Waals surface area (Å²) < 4.78 is 24.4. The summed E-state index contributed by atoms with van der Waals surface area (Å²) in [7, 11) is -0.619. The lowest BCUT2D eigenvalue weighted by atomic mass is 10.00. The lowest BCUT2D eigenvalue weighted by molar-refractivity contribution is 0.0696. The average Bonchev–Trinajstić information content (AvgIpc) is 2.28. The summed E-state index contributed by atoms with van der Waals surface area (Å²) in [5.41, 5.74) is 0.533. The summed E-state index contributed by atoms with van der Waals surface area (Å²) in [6.07, 6.45) is 0. The summed E-state index contributed by atoms with van der Waals surface area (Å²) in [4.78, 5) is 10.9. The predicted octanol–water partition coefficient (Wildman–Crippen LogP) is 1.51. The highest BCUT2D eigenvalue weighted by molar-refractivity contribution is 7.90. The van der Waals surface area contributed by atoms with Gasteiger partial charge < -0.3 is 5.11 Å². The largest absolute Gasteiger partial charge is 0.478 e. The van der Waals surface area contributed by atoms with Gasteiger partial charge in [0.1, 0.15) is 4.75 Å². The van der Waals surface area contributed by atoms with E-state index in [-0.39, 0.29) is 5.56 Å². The van der Waals surface area contributed by atoms with E-state index in [2.05, 4.69) is 0 Å². The molecule has 0 radical (unpaired) electrons. The highest BCUT2D eigenvalue weighted by atomic mass is 32.2. The second-order valence-electron chi connectivity index (χ2n) is 4.68. The van der Waals surface area contributed by atoms with E-state index in [9.17, 15) is 13.2 Å². The van der Waals surface area contributed by atoms with Crippen molar-refractivity contribution in [1.29, 1.82) is 0 Å². The standard InChI is InChI=1S/C12H17NO4S/c1-12(2,18(16,17)13(3)4)10-7-5-6-9(8-10)11(14)15/h5-8H,1-4H3,(H,14,15). The first kappa shape index (κ1) is 14.7. The number of sulfonamides is 1. The Morgan fingerprint density at radius 3 is 2.28 bits per heavy atom. The van der Waals surface area contributed by atoms with Crippen molar-refractivity contribution in [2.45, 2.75) is 18.6 Å². The molecule has 0 aromatic heterocycles. The van der Waals surface area contributed by atoms with E-state index in [0.717, 1.165) is 4.31 Å². The Hall–Kier alpha value is -1.40. The minimum Gasteiger partial charge on any atom is -0.478 e. The fourth-order valence-electron chi connectivity index (χ4n) is 1.63. The van der Waals surface area contributed by atoms with Gasteiger partial charge in [0.15, 0.2) is 0 Å². The molecule has 0 spiro atoms. The summed E-state index contributed by atoms with van der Waals surface area (Å²) in [5.74, 6) is -1.07. The molecule has 100 valence electrons. The zero-order valence-corrected chi connectivity index (χ0v) is 11.7. The van der Waals surface area contributed by atoms with Crippen LogP contribution in [0.2, 0.25) is 0 Å². The molecule has 0 heterocycles. The Bertz CT molecular complexity index is 561. The number of benzene rings is 1. The first-order valence-corrected chi connectivity index (χ1v) is 6.80. The van der Waals surface area contributed by atoms with Gasteiger partial charge in [0.2, 0.25) is 10.0 Å². The van der Waals surface area contributed by atoms with E-state index in [1.165, 1.54) is 26.2 Å². The van der Waals surface area contributed by atoms with Gasteiger partial charge in [-0.3, -0.25) is 0 Å². The second kappa shape index (κ2) is 4.70. The van der Waals surface area contributed by atoms with Crippen molar-refractivity contribution in [3.63, 3.8) is 0 Å². The van der Waals surface area contributed by atoms with Crippen molar-refractivity contribution in [2.75, 3.05) is 14.1 Å². The molecule has 0 fully saturated rings. The lowest BCUT2D eigenvalue weighted by Gasteiger charge is -2.28. The molecule has 1 aromatic rings. The van der Waals surface area contributed by atoms with E-state index < -0.39 is 20.7 Å². The molecular weight excluding hydrogens is 254 g/mol. The monoisotopic (exact) mass is 271 g/mol. The van der Waals surface area contributed by atoms with Gasteiger partial charge in [-0.25, -0.2) is 17.5 Å². The Morgan fingerprint density at radius 1 is 1.28 bits per heavy atom. The van der Waals surface area contributed by atoms with Crippen LogP contribution >= 0.6 is 0 Å². The van der Waals surface area contributed by atoms with Crippen LogP contribution in [0, 0.1) is 0 Å². The first-order chi connectivity index (χ1) is 8.10. The van der Waals surface area contributed by atoms with Crippen molar-refractivity contribution in [3.05, 3.63) is 35.4 Å². The molecule has 0 aliphatic rings. The van der Waals surface area contributed by atoms with E-state index in [4.69, 9.17) is 5.11 Å². The summed E-state index contributed by atoms with van der Waals surface area (Å²) in [6, 6.07) is 5.99. The summed E-state index contributed by atoms with van der Waals surface area (Å²) in [6.45, 7) is 3.12. The van der Waals surface area contributed by atoms with Gasteiger partial charge in [-0.2, -0.15) is 0 Å². The maximum absolute atomic E-state index is 12.2. The van der Waals surface area contributed by atoms with Crippen LogP contribution in [0.15, 0.2) is 24.3 Å². The topological polar surface area (TPSA) is 74.7 Å². The van der Waals surface area contributed by atoms with Gasteiger partial charge in [-0.05, 0) is 31.5 Å². The van der Waals surface area contributed by atoms with Crippen molar-refractivity contribution in [3.8, 4) is 0 Å². The number of carboxylic acids is 1. The van der Waals surface area contributed by atoms with Crippen LogP contribution in [-0.4, -0.2) is 37.9 Å². The average molecular weight is 271 g/mol. The maximum Gasteiger partial charge on any atom is 0.335 e. The molecule has 0 amide bonds. The molecule has 1 aromatic carbocycles. The second-order valence-corrected chi connectivity index (χ2v) is 7.38. The van der Waals surface area contributed by atoms with Crippen molar-refractivity contribution < 1.29 is 18.3 Å². The summed E-state index contributed by atoms with van der Waals surface area (Å²) in [5, 5.41) is 8.93. The molecule has 5 nitrogen and oxygen atoms in total. The van der Waals surface area contributed by atoms with Crippen LogP contribution in [0.25, 0.3) is 0 Å². The van der Waals surface area contributed by atoms with Gasteiger partial charge in [0.25, 0.3) is 0 Å². The molecule has 0 unspecified atom stereocenters. The van der Waals surface area contributed by atoms with E-state index in [1.54, 1.807) is 26.0 Å². The molecule has 0 atom stereocenters. The zero-order chi connectivity index (χ0) is 14.1. The molecular formula is C12H17NO4S. The van der Waals surface area contributed by atoms with E-state index >= 15 is 0 Å². The SMILES string of the molecule is CN(C)S(=O)(=O)C(C)(C)c1cccc(C(=O)O)c1. The maximum atomic E-state index is 12.2. The third kappa shape index (κ3) is 2.39. The zero-order valence-electron chi connectivity index (χ0n) is 10.8. The molecule has 1 rings (SSSR count). The molecule has 6 heteroatoms. The van der Waals surface area contributed by atoms with Gasteiger partial charge in [0, 0.05) is 14.1 Å². The Morgan fingerprint density at radius 2 is 1.83 bits per heavy atom. The lowest BCUT2D eigenvalue weighted by Crippen LogP contribution is -2.39. The van der Waals surface area contributed by atoms with Crippen molar-refractivity contribution >= 4 is 16.0 Å². The number of aromatic carboxylic acids is 1. The smallest absolute Gasteiger partial charge is 0.335 e. The molecule has 0 aliphatic heterocycles. The van der Waals surface area contributed by atoms with Crippen LogP contribution in [0.4, 0.5) is 0 Å². The Balaban J connectivity index is 3.38. The number of carbonyl (C=O) groups is 1. The van der Waals surface area contributed by atoms with Crippen LogP contribution in [0.5, 0.6) is 0 Å². The van der Waals surface area contributed by atoms with Crippen LogP contribution < -0.4 is 0 Å². The number of hydrogen-bond donors (Lipinski definition) is 1. The van der Waals surface area contributed by atoms with Crippen molar-refractivity contribution in [2.24, 2.45) is 0 Å². The van der Waals surface area contributed by atoms with Gasteiger partial charge >= 0.3 is 5.97 Å². The normalized spacial score (nSPS) is 12.7. The Kier molecular flexibility index (Phi) is 3.83. The van der Waals surface area contributed by atoms with Gasteiger partial charge in [-0.1, -0.05) is 12.1 Å². The molecule has 0 saturated carbocycles. The van der Waals surface area contributed by atoms with Gasteiger partial charge in [-0.15, -0.1) is 0 Å². The summed E-state index contributed by atoms with van der Waals surface area (Å²) >= 11 is 0. The van der Waals surface area contributed by atoms with E-state index in [0.29, 0.717) is 5.56 Å². The quantitative estimate of drug-likeness (QED) is 0.900. The Labute approximate surface area is 107 Å². The van der Waals surface area contributed by atoms with Crippen LogP contribution in [-0.2, 0) is 14.8 Å². The number of carboxylic acid groups (broad SMARTS) is 1. The molecule has 0 saturated heterocycles. The van der Waals surface area contributed by atoms with Crippen molar-refractivity contribution in [1.82, 2.24) is 4.31 Å². The highest BCUT2D eigenvalue weighted by Crippen LogP contribution is 2.31. The van der Waals surface area contributed by atoms with Crippen LogP contribution in [0.3, 0.4) is 0 Å². The van der Waals surface area contributed by atoms with Crippen LogP contribution in [0.1, 0.15) is 29.8 Å².